The maximum Gasteiger partial charge on any atom is 0.270 e. The van der Waals surface area contributed by atoms with E-state index in [0.717, 1.165) is 11.1 Å². The molecule has 0 fully saturated rings. The number of nitro groups is 1. The number of aromatic hydroxyl groups is 1. The van der Waals surface area contributed by atoms with Gasteiger partial charge in [-0.25, -0.2) is 0 Å². The standard InChI is InChI=1S/C20H16N2O4/c23-13-21-19-11-15(9-14-5-2-1-3-6-14)10-18(20(19)24)16-7-4-8-17(12-16)22(25)26/h1-8,10-13,24H,9H2,(H,21,23). The number of carbonyl (C=O) groups excluding carboxylic acids is 1. The van der Waals surface area contributed by atoms with Gasteiger partial charge in [0.2, 0.25) is 6.41 Å². The number of hydrogen-bond acceptors (Lipinski definition) is 4. The van der Waals surface area contributed by atoms with Gasteiger partial charge < -0.3 is 10.4 Å². The van der Waals surface area contributed by atoms with Gasteiger partial charge >= 0.3 is 0 Å². The van der Waals surface area contributed by atoms with Crippen molar-refractivity contribution in [2.75, 3.05) is 5.32 Å². The lowest BCUT2D eigenvalue weighted by molar-refractivity contribution is -0.384. The van der Waals surface area contributed by atoms with Crippen LogP contribution < -0.4 is 5.32 Å². The number of rotatable bonds is 6. The summed E-state index contributed by atoms with van der Waals surface area (Å²) in [4.78, 5) is 21.4. The number of hydrogen-bond donors (Lipinski definition) is 2. The quantitative estimate of drug-likeness (QED) is 0.303. The number of nitro benzene ring substituents is 1. The van der Waals surface area contributed by atoms with E-state index in [2.05, 4.69) is 5.32 Å². The number of nitrogens with one attached hydrogen (secondary N) is 1. The van der Waals surface area contributed by atoms with E-state index in [9.17, 15) is 20.0 Å². The topological polar surface area (TPSA) is 92.5 Å². The third-order valence-corrected chi connectivity index (χ3v) is 4.00. The summed E-state index contributed by atoms with van der Waals surface area (Å²) in [7, 11) is 0. The first-order chi connectivity index (χ1) is 12.6. The lowest BCUT2D eigenvalue weighted by Crippen LogP contribution is -1.98. The van der Waals surface area contributed by atoms with Crippen molar-refractivity contribution in [3.8, 4) is 16.9 Å². The zero-order valence-corrected chi connectivity index (χ0v) is 13.8. The molecule has 3 rings (SSSR count). The van der Waals surface area contributed by atoms with Crippen LogP contribution in [0.15, 0.2) is 66.7 Å². The van der Waals surface area contributed by atoms with Crippen LogP contribution in [0.25, 0.3) is 11.1 Å². The molecule has 0 aromatic heterocycles. The first kappa shape index (κ1) is 17.2. The molecule has 6 nitrogen and oxygen atoms in total. The molecule has 0 saturated carbocycles. The highest BCUT2D eigenvalue weighted by Crippen LogP contribution is 2.38. The second kappa shape index (κ2) is 7.48. The summed E-state index contributed by atoms with van der Waals surface area (Å²) >= 11 is 0. The van der Waals surface area contributed by atoms with Crippen LogP contribution in [0.2, 0.25) is 0 Å². The Hall–Kier alpha value is -3.67. The molecule has 0 spiro atoms. The van der Waals surface area contributed by atoms with E-state index in [0.29, 0.717) is 24.0 Å². The summed E-state index contributed by atoms with van der Waals surface area (Å²) in [6.07, 6.45) is 1.08. The number of phenolic OH excluding ortho intramolecular Hbond substituents is 1. The van der Waals surface area contributed by atoms with E-state index in [1.165, 1.54) is 12.1 Å². The van der Waals surface area contributed by atoms with E-state index in [1.54, 1.807) is 24.3 Å². The maximum absolute atomic E-state index is 11.0. The fourth-order valence-corrected chi connectivity index (χ4v) is 2.81. The van der Waals surface area contributed by atoms with E-state index in [1.807, 2.05) is 30.3 Å². The average Bonchev–Trinajstić information content (AvgIpc) is 2.65. The maximum atomic E-state index is 11.0. The van der Waals surface area contributed by atoms with Gasteiger partial charge in [-0.2, -0.15) is 0 Å². The van der Waals surface area contributed by atoms with Gasteiger partial charge in [0.25, 0.3) is 5.69 Å². The smallest absolute Gasteiger partial charge is 0.270 e. The number of carbonyl (C=O) groups is 1. The highest BCUT2D eigenvalue weighted by atomic mass is 16.6. The third-order valence-electron chi connectivity index (χ3n) is 4.00. The average molecular weight is 348 g/mol. The molecule has 0 bridgehead atoms. The number of amides is 1. The van der Waals surface area contributed by atoms with E-state index >= 15 is 0 Å². The van der Waals surface area contributed by atoms with Crippen molar-refractivity contribution in [3.05, 3.63) is 88.0 Å². The molecule has 0 saturated heterocycles. The van der Waals surface area contributed by atoms with Crippen molar-refractivity contribution in [2.24, 2.45) is 0 Å². The molecular formula is C20H16N2O4. The lowest BCUT2D eigenvalue weighted by Gasteiger charge is -2.13. The molecule has 0 unspecified atom stereocenters. The van der Waals surface area contributed by atoms with Gasteiger partial charge in [-0.15, -0.1) is 0 Å². The van der Waals surface area contributed by atoms with Gasteiger partial charge in [-0.3, -0.25) is 14.9 Å². The monoisotopic (exact) mass is 348 g/mol. The summed E-state index contributed by atoms with van der Waals surface area (Å²) in [5.74, 6) is -0.130. The zero-order chi connectivity index (χ0) is 18.5. The first-order valence-electron chi connectivity index (χ1n) is 7.93. The molecule has 0 aliphatic carbocycles. The van der Waals surface area contributed by atoms with Gasteiger partial charge in [0.15, 0.2) is 0 Å². The molecular weight excluding hydrogens is 332 g/mol. The van der Waals surface area contributed by atoms with Crippen LogP contribution in [-0.2, 0) is 11.2 Å². The largest absolute Gasteiger partial charge is 0.505 e. The number of benzene rings is 3. The molecule has 0 atom stereocenters. The Balaban J connectivity index is 2.10. The predicted molar refractivity (Wildman–Crippen MR) is 99.1 cm³/mol. The van der Waals surface area contributed by atoms with Crippen LogP contribution in [0, 0.1) is 10.1 Å². The molecule has 0 aliphatic heterocycles. The normalized spacial score (nSPS) is 10.3. The zero-order valence-electron chi connectivity index (χ0n) is 13.8. The van der Waals surface area contributed by atoms with Crippen LogP contribution in [0.3, 0.4) is 0 Å². The number of non-ortho nitro benzene ring substituents is 1. The molecule has 0 aliphatic rings. The fraction of sp³-hybridized carbons (Fsp3) is 0.0500. The van der Waals surface area contributed by atoms with Crippen LogP contribution in [0.5, 0.6) is 5.75 Å². The van der Waals surface area contributed by atoms with E-state index in [-0.39, 0.29) is 17.1 Å². The number of phenols is 1. The van der Waals surface area contributed by atoms with Crippen molar-refractivity contribution in [1.29, 1.82) is 0 Å². The summed E-state index contributed by atoms with van der Waals surface area (Å²) in [5, 5.41) is 24.0. The second-order valence-corrected chi connectivity index (χ2v) is 5.77. The summed E-state index contributed by atoms with van der Waals surface area (Å²) in [6.45, 7) is 0. The molecule has 3 aromatic rings. The molecule has 0 heterocycles. The van der Waals surface area contributed by atoms with Crippen molar-refractivity contribution in [2.45, 2.75) is 6.42 Å². The van der Waals surface area contributed by atoms with Gasteiger partial charge in [-0.05, 0) is 35.2 Å². The summed E-state index contributed by atoms with van der Waals surface area (Å²) < 4.78 is 0. The van der Waals surface area contributed by atoms with E-state index in [4.69, 9.17) is 0 Å². The van der Waals surface area contributed by atoms with Crippen LogP contribution in [0.1, 0.15) is 11.1 Å². The van der Waals surface area contributed by atoms with Gasteiger partial charge in [-0.1, -0.05) is 42.5 Å². The van der Waals surface area contributed by atoms with Crippen LogP contribution in [0.4, 0.5) is 11.4 Å². The van der Waals surface area contributed by atoms with Crippen molar-refractivity contribution >= 4 is 17.8 Å². The Morgan fingerprint density at radius 1 is 1.00 bits per heavy atom. The minimum absolute atomic E-state index is 0.0692. The highest BCUT2D eigenvalue weighted by Gasteiger charge is 2.15. The Bertz CT molecular complexity index is 955. The fourth-order valence-electron chi connectivity index (χ4n) is 2.81. The lowest BCUT2D eigenvalue weighted by atomic mass is 9.97. The molecule has 1 amide bonds. The minimum atomic E-state index is -0.487. The highest BCUT2D eigenvalue weighted by molar-refractivity contribution is 5.84. The van der Waals surface area contributed by atoms with Gasteiger partial charge in [0, 0.05) is 17.7 Å². The van der Waals surface area contributed by atoms with Gasteiger partial charge in [0.1, 0.15) is 5.75 Å². The summed E-state index contributed by atoms with van der Waals surface area (Å²) in [5.41, 5.74) is 3.04. The number of nitrogens with zero attached hydrogens (tertiary/aromatic N) is 1. The third kappa shape index (κ3) is 3.70. The molecule has 0 radical (unpaired) electrons. The Kier molecular flexibility index (Phi) is 4.94. The SMILES string of the molecule is O=CNc1cc(Cc2ccccc2)cc(-c2cccc([N+](=O)[O-])c2)c1O. The summed E-state index contributed by atoms with van der Waals surface area (Å²) in [6, 6.07) is 19.2. The Labute approximate surface area is 149 Å². The first-order valence-corrected chi connectivity index (χ1v) is 7.93. The predicted octanol–water partition coefficient (Wildman–Crippen LogP) is 4.13. The minimum Gasteiger partial charge on any atom is -0.505 e. The Morgan fingerprint density at radius 3 is 2.46 bits per heavy atom. The molecule has 26 heavy (non-hydrogen) atoms. The Morgan fingerprint density at radius 2 is 1.77 bits per heavy atom. The van der Waals surface area contributed by atoms with Crippen molar-refractivity contribution < 1.29 is 14.8 Å². The molecule has 6 heteroatoms. The number of anilines is 1. The van der Waals surface area contributed by atoms with Gasteiger partial charge in [0.05, 0.1) is 10.6 Å². The molecule has 130 valence electrons. The van der Waals surface area contributed by atoms with Crippen molar-refractivity contribution in [1.82, 2.24) is 0 Å². The molecule has 2 N–H and O–H groups in total. The van der Waals surface area contributed by atoms with Crippen LogP contribution in [-0.4, -0.2) is 16.4 Å². The second-order valence-electron chi connectivity index (χ2n) is 5.77. The van der Waals surface area contributed by atoms with Crippen molar-refractivity contribution in [3.63, 3.8) is 0 Å². The molecule has 3 aromatic carbocycles. The van der Waals surface area contributed by atoms with Crippen LogP contribution >= 0.6 is 0 Å². The van der Waals surface area contributed by atoms with E-state index < -0.39 is 4.92 Å².